The Morgan fingerprint density at radius 1 is 1.22 bits per heavy atom. The number of rotatable bonds is 1. The van der Waals surface area contributed by atoms with Crippen LogP contribution in [0.4, 0.5) is 0 Å². The van der Waals surface area contributed by atoms with Crippen molar-refractivity contribution in [2.24, 2.45) is 5.92 Å². The molecule has 18 heavy (non-hydrogen) atoms. The van der Waals surface area contributed by atoms with Crippen molar-refractivity contribution in [1.29, 1.82) is 0 Å². The van der Waals surface area contributed by atoms with Gasteiger partial charge in [0.25, 0.3) is 0 Å². The van der Waals surface area contributed by atoms with E-state index < -0.39 is 6.10 Å². The van der Waals surface area contributed by atoms with Crippen LogP contribution in [0.2, 0.25) is 0 Å². The molecule has 5 nitrogen and oxygen atoms in total. The lowest BCUT2D eigenvalue weighted by Gasteiger charge is -2.38. The number of cyclic esters (lactones) is 1. The van der Waals surface area contributed by atoms with E-state index in [9.17, 15) is 14.7 Å². The molecule has 0 aromatic heterocycles. The van der Waals surface area contributed by atoms with Crippen molar-refractivity contribution >= 4 is 11.9 Å². The van der Waals surface area contributed by atoms with E-state index in [4.69, 9.17) is 4.74 Å². The highest BCUT2D eigenvalue weighted by atomic mass is 16.6. The van der Waals surface area contributed by atoms with Crippen molar-refractivity contribution in [2.45, 2.75) is 63.3 Å². The van der Waals surface area contributed by atoms with E-state index in [0.717, 1.165) is 12.8 Å². The minimum Gasteiger partial charge on any atom is -0.460 e. The van der Waals surface area contributed by atoms with Gasteiger partial charge in [0.15, 0.2) is 0 Å². The third kappa shape index (κ3) is 1.72. The van der Waals surface area contributed by atoms with Crippen LogP contribution >= 0.6 is 0 Å². The topological polar surface area (TPSA) is 66.8 Å². The predicted octanol–water partition coefficient (Wildman–Crippen LogP) is 0.452. The molecule has 0 aromatic carbocycles. The number of carbonyl (C=O) groups is 2. The molecule has 0 saturated carbocycles. The molecule has 0 radical (unpaired) electrons. The summed E-state index contributed by atoms with van der Waals surface area (Å²) in [6, 6.07) is -0.0859. The van der Waals surface area contributed by atoms with Crippen molar-refractivity contribution in [3.05, 3.63) is 0 Å². The number of nitrogens with zero attached hydrogens (tertiary/aromatic N) is 1. The Labute approximate surface area is 106 Å². The van der Waals surface area contributed by atoms with E-state index in [1.165, 1.54) is 0 Å². The minimum atomic E-state index is -0.415. The maximum Gasteiger partial charge on any atom is 0.309 e. The molecule has 1 N–H and O–H groups in total. The van der Waals surface area contributed by atoms with Crippen LogP contribution in [-0.2, 0) is 14.3 Å². The molecular formula is C13H19NO4. The SMILES string of the molecule is C[C@H]1C[C@@H]([C@@H]2CC[C@H]3[C@H](O)CCC(=O)N32)OC1=O. The molecule has 0 spiro atoms. The van der Waals surface area contributed by atoms with Crippen LogP contribution in [0.5, 0.6) is 0 Å². The molecule has 3 rings (SSSR count). The Kier molecular flexibility index (Phi) is 2.81. The molecule has 3 saturated heterocycles. The molecule has 5 atom stereocenters. The fourth-order valence-corrected chi connectivity index (χ4v) is 3.56. The highest BCUT2D eigenvalue weighted by molar-refractivity contribution is 5.79. The summed E-state index contributed by atoms with van der Waals surface area (Å²) in [5, 5.41) is 9.96. The second kappa shape index (κ2) is 4.23. The van der Waals surface area contributed by atoms with Crippen LogP contribution in [0, 0.1) is 5.92 Å². The third-order valence-electron chi connectivity index (χ3n) is 4.54. The second-order valence-electron chi connectivity index (χ2n) is 5.73. The van der Waals surface area contributed by atoms with Gasteiger partial charge < -0.3 is 14.7 Å². The quantitative estimate of drug-likeness (QED) is 0.689. The molecule has 0 aromatic rings. The van der Waals surface area contributed by atoms with Gasteiger partial charge in [0.1, 0.15) is 6.10 Å². The van der Waals surface area contributed by atoms with Crippen molar-refractivity contribution in [2.75, 3.05) is 0 Å². The molecule has 3 heterocycles. The summed E-state index contributed by atoms with van der Waals surface area (Å²) >= 11 is 0. The Morgan fingerprint density at radius 3 is 2.61 bits per heavy atom. The van der Waals surface area contributed by atoms with Gasteiger partial charge in [0, 0.05) is 6.42 Å². The van der Waals surface area contributed by atoms with E-state index in [1.807, 2.05) is 6.92 Å². The lowest BCUT2D eigenvalue weighted by Crippen LogP contribution is -2.53. The number of hydrogen-bond acceptors (Lipinski definition) is 4. The number of amides is 1. The third-order valence-corrected chi connectivity index (χ3v) is 4.54. The summed E-state index contributed by atoms with van der Waals surface area (Å²) in [7, 11) is 0. The summed E-state index contributed by atoms with van der Waals surface area (Å²) in [5.41, 5.74) is 0. The van der Waals surface area contributed by atoms with Gasteiger partial charge in [-0.15, -0.1) is 0 Å². The van der Waals surface area contributed by atoms with E-state index in [1.54, 1.807) is 4.90 Å². The average molecular weight is 253 g/mol. The summed E-state index contributed by atoms with van der Waals surface area (Å²) in [4.78, 5) is 25.3. The lowest BCUT2D eigenvalue weighted by molar-refractivity contribution is -0.152. The predicted molar refractivity (Wildman–Crippen MR) is 62.6 cm³/mol. The summed E-state index contributed by atoms with van der Waals surface area (Å²) < 4.78 is 5.38. The molecule has 100 valence electrons. The number of esters is 1. The maximum atomic E-state index is 12.0. The van der Waals surface area contributed by atoms with Crippen molar-refractivity contribution < 1.29 is 19.4 Å². The zero-order valence-electron chi connectivity index (χ0n) is 10.5. The fraction of sp³-hybridized carbons (Fsp3) is 0.846. The van der Waals surface area contributed by atoms with E-state index in [-0.39, 0.29) is 36.0 Å². The first-order valence-corrected chi connectivity index (χ1v) is 6.77. The van der Waals surface area contributed by atoms with Crippen molar-refractivity contribution in [1.82, 2.24) is 4.90 Å². The maximum absolute atomic E-state index is 12.0. The molecule has 0 aliphatic carbocycles. The molecule has 0 unspecified atom stereocenters. The van der Waals surface area contributed by atoms with Gasteiger partial charge in [-0.3, -0.25) is 9.59 Å². The largest absolute Gasteiger partial charge is 0.460 e. The van der Waals surface area contributed by atoms with Gasteiger partial charge in [-0.2, -0.15) is 0 Å². The summed E-state index contributed by atoms with van der Waals surface area (Å²) in [5.74, 6) is -0.129. The van der Waals surface area contributed by atoms with E-state index in [0.29, 0.717) is 19.3 Å². The van der Waals surface area contributed by atoms with Crippen molar-refractivity contribution in [3.63, 3.8) is 0 Å². The lowest BCUT2D eigenvalue weighted by atomic mass is 9.98. The van der Waals surface area contributed by atoms with Crippen LogP contribution in [0.3, 0.4) is 0 Å². The van der Waals surface area contributed by atoms with Gasteiger partial charge in [0.2, 0.25) is 5.91 Å². The molecular weight excluding hydrogens is 234 g/mol. The van der Waals surface area contributed by atoms with Crippen LogP contribution in [0.25, 0.3) is 0 Å². The molecule has 1 amide bonds. The van der Waals surface area contributed by atoms with Crippen LogP contribution < -0.4 is 0 Å². The summed E-state index contributed by atoms with van der Waals surface area (Å²) in [6.07, 6.45) is 2.72. The number of aliphatic hydroxyl groups excluding tert-OH is 1. The number of carbonyl (C=O) groups excluding carboxylic acids is 2. The first-order chi connectivity index (χ1) is 8.58. The first-order valence-electron chi connectivity index (χ1n) is 6.77. The fourth-order valence-electron chi connectivity index (χ4n) is 3.56. The van der Waals surface area contributed by atoms with Crippen LogP contribution in [0.15, 0.2) is 0 Å². The van der Waals surface area contributed by atoms with Gasteiger partial charge in [-0.25, -0.2) is 0 Å². The molecule has 0 bridgehead atoms. The standard InChI is InChI=1S/C13H19NO4/c1-7-6-11(18-13(7)17)9-3-2-8-10(15)4-5-12(16)14(8)9/h7-11,15H,2-6H2,1H3/t7-,8-,9-,10+,11-/m0/s1. The zero-order chi connectivity index (χ0) is 12.9. The molecule has 3 aliphatic heterocycles. The molecule has 3 aliphatic rings. The minimum absolute atomic E-state index is 0.0219. The Morgan fingerprint density at radius 2 is 1.94 bits per heavy atom. The summed E-state index contributed by atoms with van der Waals surface area (Å²) in [6.45, 7) is 1.86. The zero-order valence-corrected chi connectivity index (χ0v) is 10.5. The Hall–Kier alpha value is -1.10. The Bertz CT molecular complexity index is 383. The highest BCUT2D eigenvalue weighted by Gasteiger charge is 2.49. The van der Waals surface area contributed by atoms with Gasteiger partial charge in [-0.05, 0) is 25.7 Å². The van der Waals surface area contributed by atoms with Crippen LogP contribution in [-0.4, -0.2) is 46.2 Å². The van der Waals surface area contributed by atoms with Crippen LogP contribution in [0.1, 0.15) is 39.0 Å². The second-order valence-corrected chi connectivity index (χ2v) is 5.73. The van der Waals surface area contributed by atoms with Gasteiger partial charge >= 0.3 is 5.97 Å². The number of aliphatic hydroxyl groups is 1. The van der Waals surface area contributed by atoms with Gasteiger partial charge in [0.05, 0.1) is 24.1 Å². The van der Waals surface area contributed by atoms with E-state index >= 15 is 0 Å². The molecule has 5 heteroatoms. The molecule has 3 fully saturated rings. The smallest absolute Gasteiger partial charge is 0.309 e. The average Bonchev–Trinajstić information content (AvgIpc) is 2.90. The number of fused-ring (bicyclic) bond motifs is 1. The number of ether oxygens (including phenoxy) is 1. The van der Waals surface area contributed by atoms with Gasteiger partial charge in [-0.1, -0.05) is 6.92 Å². The Balaban J connectivity index is 1.78. The monoisotopic (exact) mass is 253 g/mol. The van der Waals surface area contributed by atoms with Crippen molar-refractivity contribution in [3.8, 4) is 0 Å². The van der Waals surface area contributed by atoms with E-state index in [2.05, 4.69) is 0 Å². The first kappa shape index (κ1) is 12.0. The number of piperidine rings is 1. The normalized spacial score (nSPS) is 44.1. The number of hydrogen-bond donors (Lipinski definition) is 1. The highest BCUT2D eigenvalue weighted by Crippen LogP contribution is 2.38.